The molecule has 0 fully saturated rings. The van der Waals surface area contributed by atoms with E-state index in [2.05, 4.69) is 43.3 Å². The van der Waals surface area contributed by atoms with E-state index >= 15 is 0 Å². The molecule has 1 aliphatic carbocycles. The third-order valence-electron chi connectivity index (χ3n) is 3.43. The van der Waals surface area contributed by atoms with Crippen molar-refractivity contribution in [1.29, 1.82) is 0 Å². The Hall–Kier alpha value is -1.76. The summed E-state index contributed by atoms with van der Waals surface area (Å²) >= 11 is 0. The van der Waals surface area contributed by atoms with Gasteiger partial charge in [0.2, 0.25) is 0 Å². The topological polar surface area (TPSA) is 9.23 Å². The van der Waals surface area contributed by atoms with Gasteiger partial charge in [0.1, 0.15) is 5.75 Å². The Morgan fingerprint density at radius 3 is 2.59 bits per heavy atom. The standard InChI is InChI=1S/C16H16O/c1-12-6-8-15(9-7-12)17-11-14-10-13-4-2-3-5-16(13)14/h2-9,14H,10-11H2,1H3. The largest absolute Gasteiger partial charge is 0.493 e. The first-order valence-electron chi connectivity index (χ1n) is 6.10. The van der Waals surface area contributed by atoms with Gasteiger partial charge in [-0.25, -0.2) is 0 Å². The lowest BCUT2D eigenvalue weighted by molar-refractivity contribution is 0.275. The molecule has 1 atom stereocenters. The monoisotopic (exact) mass is 224 g/mol. The van der Waals surface area contributed by atoms with E-state index in [1.54, 1.807) is 0 Å². The van der Waals surface area contributed by atoms with Crippen LogP contribution in [0.15, 0.2) is 48.5 Å². The summed E-state index contributed by atoms with van der Waals surface area (Å²) in [6.07, 6.45) is 1.15. The van der Waals surface area contributed by atoms with Gasteiger partial charge in [-0.3, -0.25) is 0 Å². The number of rotatable bonds is 3. The van der Waals surface area contributed by atoms with Gasteiger partial charge in [-0.15, -0.1) is 0 Å². The Morgan fingerprint density at radius 1 is 1.06 bits per heavy atom. The fourth-order valence-corrected chi connectivity index (χ4v) is 2.34. The van der Waals surface area contributed by atoms with Gasteiger partial charge in [0.25, 0.3) is 0 Å². The van der Waals surface area contributed by atoms with Crippen LogP contribution >= 0.6 is 0 Å². The van der Waals surface area contributed by atoms with Crippen molar-refractivity contribution in [2.45, 2.75) is 19.3 Å². The second-order valence-electron chi connectivity index (χ2n) is 4.72. The molecule has 1 unspecified atom stereocenters. The smallest absolute Gasteiger partial charge is 0.119 e. The molecule has 3 rings (SSSR count). The maximum atomic E-state index is 5.82. The van der Waals surface area contributed by atoms with Crippen molar-refractivity contribution in [3.05, 3.63) is 65.2 Å². The van der Waals surface area contributed by atoms with E-state index < -0.39 is 0 Å². The minimum atomic E-state index is 0.576. The van der Waals surface area contributed by atoms with Crippen molar-refractivity contribution in [2.75, 3.05) is 6.61 Å². The third-order valence-corrected chi connectivity index (χ3v) is 3.43. The summed E-state index contributed by atoms with van der Waals surface area (Å²) < 4.78 is 5.82. The molecule has 1 heteroatoms. The van der Waals surface area contributed by atoms with Gasteiger partial charge in [0.05, 0.1) is 6.61 Å². The average molecular weight is 224 g/mol. The highest BCUT2D eigenvalue weighted by Gasteiger charge is 2.25. The lowest BCUT2D eigenvalue weighted by Crippen LogP contribution is -2.23. The van der Waals surface area contributed by atoms with E-state index in [0.717, 1.165) is 18.8 Å². The Balaban J connectivity index is 1.62. The second-order valence-corrected chi connectivity index (χ2v) is 4.72. The van der Waals surface area contributed by atoms with E-state index in [1.165, 1.54) is 16.7 Å². The van der Waals surface area contributed by atoms with Crippen LogP contribution in [0, 0.1) is 6.92 Å². The van der Waals surface area contributed by atoms with E-state index in [4.69, 9.17) is 4.74 Å². The van der Waals surface area contributed by atoms with Crippen LogP contribution < -0.4 is 4.74 Å². The van der Waals surface area contributed by atoms with E-state index in [1.807, 2.05) is 12.1 Å². The summed E-state index contributed by atoms with van der Waals surface area (Å²) in [5, 5.41) is 0. The summed E-state index contributed by atoms with van der Waals surface area (Å²) in [7, 11) is 0. The van der Waals surface area contributed by atoms with Crippen LogP contribution in [0.4, 0.5) is 0 Å². The zero-order chi connectivity index (χ0) is 11.7. The average Bonchev–Trinajstić information content (AvgIpc) is 2.33. The lowest BCUT2D eigenvalue weighted by Gasteiger charge is -2.29. The Labute approximate surface area is 102 Å². The Bertz CT molecular complexity index is 513. The first-order valence-corrected chi connectivity index (χ1v) is 6.10. The summed E-state index contributed by atoms with van der Waals surface area (Å²) in [6, 6.07) is 16.9. The van der Waals surface area contributed by atoms with Crippen LogP contribution in [-0.2, 0) is 6.42 Å². The van der Waals surface area contributed by atoms with E-state index in [9.17, 15) is 0 Å². The molecule has 2 aromatic carbocycles. The molecule has 0 saturated carbocycles. The molecule has 0 radical (unpaired) electrons. The Morgan fingerprint density at radius 2 is 1.82 bits per heavy atom. The maximum absolute atomic E-state index is 5.82. The first-order chi connectivity index (χ1) is 8.33. The van der Waals surface area contributed by atoms with Crippen molar-refractivity contribution in [3.8, 4) is 5.75 Å². The number of ether oxygens (including phenoxy) is 1. The van der Waals surface area contributed by atoms with Gasteiger partial charge < -0.3 is 4.74 Å². The third kappa shape index (κ3) is 2.05. The molecule has 86 valence electrons. The SMILES string of the molecule is Cc1ccc(OCC2Cc3ccccc32)cc1. The second kappa shape index (κ2) is 4.25. The van der Waals surface area contributed by atoms with Gasteiger partial charge >= 0.3 is 0 Å². The maximum Gasteiger partial charge on any atom is 0.119 e. The molecular formula is C16H16O. The van der Waals surface area contributed by atoms with Crippen LogP contribution in [0.1, 0.15) is 22.6 Å². The van der Waals surface area contributed by atoms with Gasteiger partial charge in [0.15, 0.2) is 0 Å². The molecule has 0 amide bonds. The fourth-order valence-electron chi connectivity index (χ4n) is 2.34. The zero-order valence-electron chi connectivity index (χ0n) is 10.0. The van der Waals surface area contributed by atoms with Crippen LogP contribution in [-0.4, -0.2) is 6.61 Å². The summed E-state index contributed by atoms with van der Waals surface area (Å²) in [4.78, 5) is 0. The molecule has 0 spiro atoms. The van der Waals surface area contributed by atoms with Crippen molar-refractivity contribution in [1.82, 2.24) is 0 Å². The highest BCUT2D eigenvalue weighted by Crippen LogP contribution is 2.35. The van der Waals surface area contributed by atoms with Crippen molar-refractivity contribution < 1.29 is 4.74 Å². The molecule has 0 saturated heterocycles. The minimum Gasteiger partial charge on any atom is -0.493 e. The molecule has 0 N–H and O–H groups in total. The molecule has 17 heavy (non-hydrogen) atoms. The van der Waals surface area contributed by atoms with E-state index in [0.29, 0.717) is 5.92 Å². The quantitative estimate of drug-likeness (QED) is 0.772. The highest BCUT2D eigenvalue weighted by molar-refractivity contribution is 5.40. The molecule has 0 heterocycles. The van der Waals surface area contributed by atoms with Gasteiger partial charge in [0, 0.05) is 5.92 Å². The van der Waals surface area contributed by atoms with Crippen molar-refractivity contribution in [3.63, 3.8) is 0 Å². The summed E-state index contributed by atoms with van der Waals surface area (Å²) in [6.45, 7) is 2.88. The first kappa shape index (κ1) is 10.4. The van der Waals surface area contributed by atoms with Crippen LogP contribution in [0.3, 0.4) is 0 Å². The highest BCUT2D eigenvalue weighted by atomic mass is 16.5. The molecule has 1 aliphatic rings. The molecule has 0 bridgehead atoms. The van der Waals surface area contributed by atoms with Crippen LogP contribution in [0.5, 0.6) is 5.75 Å². The van der Waals surface area contributed by atoms with Crippen molar-refractivity contribution in [2.24, 2.45) is 0 Å². The number of fused-ring (bicyclic) bond motifs is 1. The van der Waals surface area contributed by atoms with E-state index in [-0.39, 0.29) is 0 Å². The molecular weight excluding hydrogens is 208 g/mol. The minimum absolute atomic E-state index is 0.576. The number of hydrogen-bond donors (Lipinski definition) is 0. The molecule has 0 aromatic heterocycles. The predicted octanol–water partition coefficient (Wildman–Crippen LogP) is 3.71. The molecule has 1 nitrogen and oxygen atoms in total. The van der Waals surface area contributed by atoms with Gasteiger partial charge in [-0.1, -0.05) is 42.0 Å². The number of benzene rings is 2. The zero-order valence-corrected chi connectivity index (χ0v) is 10.0. The lowest BCUT2D eigenvalue weighted by atomic mass is 9.78. The van der Waals surface area contributed by atoms with Gasteiger partial charge in [-0.05, 0) is 36.6 Å². The summed E-state index contributed by atoms with van der Waals surface area (Å²) in [5.74, 6) is 1.55. The summed E-state index contributed by atoms with van der Waals surface area (Å²) in [5.41, 5.74) is 4.20. The normalized spacial score (nSPS) is 17.1. The van der Waals surface area contributed by atoms with Gasteiger partial charge in [-0.2, -0.15) is 0 Å². The van der Waals surface area contributed by atoms with Crippen LogP contribution in [0.2, 0.25) is 0 Å². The predicted molar refractivity (Wildman–Crippen MR) is 69.6 cm³/mol. The Kier molecular flexibility index (Phi) is 2.60. The number of hydrogen-bond acceptors (Lipinski definition) is 1. The van der Waals surface area contributed by atoms with Crippen LogP contribution in [0.25, 0.3) is 0 Å². The molecule has 2 aromatic rings. The molecule has 0 aliphatic heterocycles. The fraction of sp³-hybridized carbons (Fsp3) is 0.250. The van der Waals surface area contributed by atoms with Crippen molar-refractivity contribution >= 4 is 0 Å². The number of aryl methyl sites for hydroxylation is 1.